The van der Waals surface area contributed by atoms with Gasteiger partial charge in [0, 0.05) is 51.7 Å². The third-order valence-electron chi connectivity index (χ3n) is 4.77. The van der Waals surface area contributed by atoms with Crippen LogP contribution in [0.4, 0.5) is 4.39 Å². The number of rotatable bonds is 5. The van der Waals surface area contributed by atoms with E-state index in [4.69, 9.17) is 9.47 Å². The van der Waals surface area contributed by atoms with Crippen molar-refractivity contribution < 1.29 is 18.7 Å². The van der Waals surface area contributed by atoms with E-state index in [0.717, 1.165) is 31.8 Å². The molecule has 2 heterocycles. The van der Waals surface area contributed by atoms with E-state index in [2.05, 4.69) is 10.2 Å². The third kappa shape index (κ3) is 4.90. The van der Waals surface area contributed by atoms with Crippen LogP contribution >= 0.6 is 0 Å². The number of morpholine rings is 1. The monoisotopic (exact) mass is 351 g/mol. The molecule has 1 N–H and O–H groups in total. The maximum absolute atomic E-state index is 13.8. The van der Waals surface area contributed by atoms with Gasteiger partial charge in [0.05, 0.1) is 20.3 Å². The Kier molecular flexibility index (Phi) is 6.23. The van der Waals surface area contributed by atoms with E-state index < -0.39 is 0 Å². The topological polar surface area (TPSA) is 54.0 Å². The molecule has 0 saturated carbocycles. The van der Waals surface area contributed by atoms with Gasteiger partial charge >= 0.3 is 0 Å². The molecular formula is C18H26FN3O3. The quantitative estimate of drug-likeness (QED) is 0.853. The number of benzene rings is 1. The van der Waals surface area contributed by atoms with Crippen molar-refractivity contribution in [2.75, 3.05) is 53.0 Å². The van der Waals surface area contributed by atoms with Crippen LogP contribution in [0.5, 0.6) is 5.75 Å². The van der Waals surface area contributed by atoms with Gasteiger partial charge in [-0.25, -0.2) is 4.39 Å². The summed E-state index contributed by atoms with van der Waals surface area (Å²) in [4.78, 5) is 16.6. The molecule has 1 aromatic carbocycles. The van der Waals surface area contributed by atoms with Gasteiger partial charge in [-0.2, -0.15) is 0 Å². The predicted octanol–water partition coefficient (Wildman–Crippen LogP) is 0.857. The molecule has 1 atom stereocenters. The van der Waals surface area contributed by atoms with E-state index in [9.17, 15) is 9.18 Å². The standard InChI is InChI=1S/C18H26FN3O3/c1-24-17-3-2-14(10-16(17)19)12-21-5-7-22(8-6-21)18(23)11-15-13-25-9-4-20-15/h2-3,10,15,20H,4-9,11-13H2,1H3. The Balaban J connectivity index is 1.45. The average molecular weight is 351 g/mol. The van der Waals surface area contributed by atoms with Crippen molar-refractivity contribution in [3.8, 4) is 5.75 Å². The number of methoxy groups -OCH3 is 1. The number of amides is 1. The van der Waals surface area contributed by atoms with Gasteiger partial charge in [-0.15, -0.1) is 0 Å². The van der Waals surface area contributed by atoms with Crippen molar-refractivity contribution in [3.63, 3.8) is 0 Å². The first-order valence-corrected chi connectivity index (χ1v) is 8.79. The first-order valence-electron chi connectivity index (χ1n) is 8.79. The Bertz CT molecular complexity index is 585. The number of hydrogen-bond acceptors (Lipinski definition) is 5. The number of halogens is 1. The molecule has 0 radical (unpaired) electrons. The highest BCUT2D eigenvalue weighted by molar-refractivity contribution is 5.77. The summed E-state index contributed by atoms with van der Waals surface area (Å²) in [5.41, 5.74) is 0.918. The van der Waals surface area contributed by atoms with E-state index in [1.165, 1.54) is 13.2 Å². The number of hydrogen-bond donors (Lipinski definition) is 1. The van der Waals surface area contributed by atoms with Crippen molar-refractivity contribution in [2.45, 2.75) is 19.0 Å². The van der Waals surface area contributed by atoms with Crippen LogP contribution < -0.4 is 10.1 Å². The van der Waals surface area contributed by atoms with E-state index in [-0.39, 0.29) is 23.5 Å². The van der Waals surface area contributed by atoms with Gasteiger partial charge in [0.2, 0.25) is 5.91 Å². The summed E-state index contributed by atoms with van der Waals surface area (Å²) >= 11 is 0. The lowest BCUT2D eigenvalue weighted by Gasteiger charge is -2.35. The molecule has 2 aliphatic heterocycles. The number of nitrogens with one attached hydrogen (secondary N) is 1. The van der Waals surface area contributed by atoms with E-state index in [1.807, 2.05) is 11.0 Å². The molecule has 0 bridgehead atoms. The Morgan fingerprint density at radius 2 is 2.16 bits per heavy atom. The molecule has 2 saturated heterocycles. The summed E-state index contributed by atoms with van der Waals surface area (Å²) in [5.74, 6) is 0.105. The Morgan fingerprint density at radius 3 is 2.80 bits per heavy atom. The van der Waals surface area contributed by atoms with Crippen LogP contribution in [0.15, 0.2) is 18.2 Å². The minimum atomic E-state index is -0.337. The highest BCUT2D eigenvalue weighted by Gasteiger charge is 2.24. The Hall–Kier alpha value is -1.70. The number of ether oxygens (including phenoxy) is 2. The van der Waals surface area contributed by atoms with Crippen molar-refractivity contribution in [1.82, 2.24) is 15.1 Å². The van der Waals surface area contributed by atoms with Crippen molar-refractivity contribution in [1.29, 1.82) is 0 Å². The summed E-state index contributed by atoms with van der Waals surface area (Å²) in [5, 5.41) is 3.32. The molecule has 0 aromatic heterocycles. The third-order valence-corrected chi connectivity index (χ3v) is 4.77. The number of carbonyl (C=O) groups is 1. The summed E-state index contributed by atoms with van der Waals surface area (Å²) in [7, 11) is 1.46. The minimum absolute atomic E-state index is 0.126. The SMILES string of the molecule is COc1ccc(CN2CCN(C(=O)CC3COCCN3)CC2)cc1F. The second-order valence-electron chi connectivity index (χ2n) is 6.56. The summed E-state index contributed by atoms with van der Waals surface area (Å²) in [6.07, 6.45) is 0.490. The van der Waals surface area contributed by atoms with Gasteiger partial charge in [0.25, 0.3) is 0 Å². The highest BCUT2D eigenvalue weighted by atomic mass is 19.1. The maximum atomic E-state index is 13.8. The zero-order chi connectivity index (χ0) is 17.6. The normalized spacial score (nSPS) is 22.0. The maximum Gasteiger partial charge on any atom is 0.224 e. The van der Waals surface area contributed by atoms with Gasteiger partial charge in [0.15, 0.2) is 11.6 Å². The summed E-state index contributed by atoms with van der Waals surface area (Å²) < 4.78 is 24.1. The van der Waals surface area contributed by atoms with Crippen LogP contribution in [0.3, 0.4) is 0 Å². The lowest BCUT2D eigenvalue weighted by molar-refractivity contribution is -0.134. The highest BCUT2D eigenvalue weighted by Crippen LogP contribution is 2.19. The molecule has 1 unspecified atom stereocenters. The fourth-order valence-corrected chi connectivity index (χ4v) is 3.31. The van der Waals surface area contributed by atoms with Crippen molar-refractivity contribution >= 4 is 5.91 Å². The Morgan fingerprint density at radius 1 is 1.36 bits per heavy atom. The second-order valence-corrected chi connectivity index (χ2v) is 6.56. The molecule has 2 fully saturated rings. The molecule has 138 valence electrons. The molecule has 3 rings (SSSR count). The Labute approximate surface area is 147 Å². The molecule has 7 heteroatoms. The van der Waals surface area contributed by atoms with Gasteiger partial charge in [-0.1, -0.05) is 6.07 Å². The number of nitrogens with zero attached hydrogens (tertiary/aromatic N) is 2. The first kappa shape index (κ1) is 18.1. The molecular weight excluding hydrogens is 325 g/mol. The zero-order valence-corrected chi connectivity index (χ0v) is 14.7. The largest absolute Gasteiger partial charge is 0.494 e. The molecule has 6 nitrogen and oxygen atoms in total. The van der Waals surface area contributed by atoms with E-state index >= 15 is 0 Å². The molecule has 2 aliphatic rings. The smallest absolute Gasteiger partial charge is 0.224 e. The van der Waals surface area contributed by atoms with Gasteiger partial charge < -0.3 is 19.7 Å². The molecule has 0 aliphatic carbocycles. The van der Waals surface area contributed by atoms with Gasteiger partial charge in [-0.05, 0) is 17.7 Å². The molecule has 1 amide bonds. The van der Waals surface area contributed by atoms with Gasteiger partial charge in [0.1, 0.15) is 0 Å². The number of piperazine rings is 1. The van der Waals surface area contributed by atoms with Crippen LogP contribution in [0.1, 0.15) is 12.0 Å². The van der Waals surface area contributed by atoms with E-state index in [1.54, 1.807) is 6.07 Å². The van der Waals surface area contributed by atoms with Crippen LogP contribution in [0, 0.1) is 5.82 Å². The van der Waals surface area contributed by atoms with Crippen LogP contribution in [-0.4, -0.2) is 74.8 Å². The summed E-state index contributed by atoms with van der Waals surface area (Å²) in [6, 6.07) is 5.18. The minimum Gasteiger partial charge on any atom is -0.494 e. The molecule has 1 aromatic rings. The lowest BCUT2D eigenvalue weighted by Crippen LogP contribution is -2.51. The lowest BCUT2D eigenvalue weighted by atomic mass is 10.1. The van der Waals surface area contributed by atoms with Crippen LogP contribution in [0.2, 0.25) is 0 Å². The number of carbonyl (C=O) groups excluding carboxylic acids is 1. The van der Waals surface area contributed by atoms with E-state index in [0.29, 0.717) is 32.7 Å². The fourth-order valence-electron chi connectivity index (χ4n) is 3.31. The summed E-state index contributed by atoms with van der Waals surface area (Å²) in [6.45, 7) is 5.84. The first-order chi connectivity index (χ1) is 12.2. The zero-order valence-electron chi connectivity index (χ0n) is 14.7. The fraction of sp³-hybridized carbons (Fsp3) is 0.611. The van der Waals surface area contributed by atoms with Crippen molar-refractivity contribution in [3.05, 3.63) is 29.6 Å². The van der Waals surface area contributed by atoms with Crippen molar-refractivity contribution in [2.24, 2.45) is 0 Å². The molecule has 25 heavy (non-hydrogen) atoms. The van der Waals surface area contributed by atoms with Gasteiger partial charge in [-0.3, -0.25) is 9.69 Å². The second kappa shape index (κ2) is 8.60. The predicted molar refractivity (Wildman–Crippen MR) is 92.0 cm³/mol. The molecule has 0 spiro atoms. The average Bonchev–Trinajstić information content (AvgIpc) is 2.63. The van der Waals surface area contributed by atoms with Crippen LogP contribution in [-0.2, 0) is 16.1 Å². The van der Waals surface area contributed by atoms with Crippen LogP contribution in [0.25, 0.3) is 0 Å².